The van der Waals surface area contributed by atoms with Crippen molar-refractivity contribution in [1.82, 2.24) is 18.6 Å². The van der Waals surface area contributed by atoms with E-state index in [4.69, 9.17) is 4.74 Å². The molecule has 1 aliphatic rings. The zero-order chi connectivity index (χ0) is 23.4. The lowest BCUT2D eigenvalue weighted by atomic mass is 9.83. The fraction of sp³-hybridized carbons (Fsp3) is 0.480. The number of rotatable bonds is 9. The van der Waals surface area contributed by atoms with Gasteiger partial charge in [-0.3, -0.25) is 0 Å². The van der Waals surface area contributed by atoms with E-state index in [2.05, 4.69) is 52.3 Å². The van der Waals surface area contributed by atoms with Crippen molar-refractivity contribution >= 4 is 15.7 Å². The molecule has 3 aromatic rings. The number of aryl methyl sites for hydroxylation is 1. The Morgan fingerprint density at radius 2 is 1.85 bits per heavy atom. The SMILES string of the molecule is Cc1cc(C(CNS(=O)(=O)N(C)C)COC2CCC(c3ccccc3)CC2)n2nccc2c1. The molecule has 178 valence electrons. The van der Waals surface area contributed by atoms with Crippen LogP contribution in [0.25, 0.3) is 5.52 Å². The van der Waals surface area contributed by atoms with Crippen molar-refractivity contribution in [2.75, 3.05) is 27.2 Å². The Morgan fingerprint density at radius 1 is 1.12 bits per heavy atom. The van der Waals surface area contributed by atoms with Crippen LogP contribution in [0, 0.1) is 6.92 Å². The zero-order valence-electron chi connectivity index (χ0n) is 19.6. The third-order valence-electron chi connectivity index (χ3n) is 6.56. The summed E-state index contributed by atoms with van der Waals surface area (Å²) >= 11 is 0. The second-order valence-corrected chi connectivity index (χ2v) is 11.1. The normalized spacial score (nSPS) is 20.4. The van der Waals surface area contributed by atoms with Crippen LogP contribution in [0.3, 0.4) is 0 Å². The zero-order valence-corrected chi connectivity index (χ0v) is 20.5. The van der Waals surface area contributed by atoms with Gasteiger partial charge in [0.15, 0.2) is 0 Å². The molecule has 4 rings (SSSR count). The first-order valence-corrected chi connectivity index (χ1v) is 13.1. The van der Waals surface area contributed by atoms with E-state index in [0.717, 1.165) is 42.5 Å². The van der Waals surface area contributed by atoms with Gasteiger partial charge >= 0.3 is 0 Å². The van der Waals surface area contributed by atoms with Crippen LogP contribution in [-0.2, 0) is 14.9 Å². The maximum Gasteiger partial charge on any atom is 0.278 e. The van der Waals surface area contributed by atoms with E-state index in [1.165, 1.54) is 24.0 Å². The second kappa shape index (κ2) is 10.3. The van der Waals surface area contributed by atoms with E-state index in [1.54, 1.807) is 6.20 Å². The van der Waals surface area contributed by atoms with Crippen molar-refractivity contribution in [2.24, 2.45) is 0 Å². The third-order valence-corrected chi connectivity index (χ3v) is 8.05. The summed E-state index contributed by atoms with van der Waals surface area (Å²) in [5.74, 6) is 0.433. The molecule has 0 radical (unpaired) electrons. The standard InChI is InChI=1S/C25H34N4O3S/c1-19-15-23-13-14-26-29(23)25(16-19)22(17-27-33(30,31)28(2)3)18-32-24-11-9-21(10-12-24)20-7-5-4-6-8-20/h4-8,13-16,21-22,24,27H,9-12,17-18H2,1-3H3. The lowest BCUT2D eigenvalue weighted by Crippen LogP contribution is -2.39. The van der Waals surface area contributed by atoms with Crippen molar-refractivity contribution < 1.29 is 13.2 Å². The highest BCUT2D eigenvalue weighted by atomic mass is 32.2. The lowest BCUT2D eigenvalue weighted by molar-refractivity contribution is 0.0163. The number of hydrogen-bond acceptors (Lipinski definition) is 4. The van der Waals surface area contributed by atoms with Crippen LogP contribution in [0.15, 0.2) is 54.7 Å². The van der Waals surface area contributed by atoms with Crippen LogP contribution in [0.5, 0.6) is 0 Å². The van der Waals surface area contributed by atoms with Gasteiger partial charge in [0.05, 0.1) is 18.2 Å². The minimum Gasteiger partial charge on any atom is -0.377 e. The number of benzene rings is 1. The van der Waals surface area contributed by atoms with Crippen molar-refractivity contribution in [3.63, 3.8) is 0 Å². The highest BCUT2D eigenvalue weighted by Crippen LogP contribution is 2.34. The molecule has 2 aromatic heterocycles. The van der Waals surface area contributed by atoms with Crippen LogP contribution in [-0.4, -0.2) is 55.7 Å². The molecule has 1 N–H and O–H groups in total. The van der Waals surface area contributed by atoms with Gasteiger partial charge in [-0.05, 0) is 67.9 Å². The van der Waals surface area contributed by atoms with Crippen LogP contribution in [0.4, 0.5) is 0 Å². The predicted molar refractivity (Wildman–Crippen MR) is 131 cm³/mol. The average molecular weight is 471 g/mol. The number of pyridine rings is 1. The molecule has 0 amide bonds. The fourth-order valence-electron chi connectivity index (χ4n) is 4.62. The molecule has 1 aromatic carbocycles. The Morgan fingerprint density at radius 3 is 2.55 bits per heavy atom. The summed E-state index contributed by atoms with van der Waals surface area (Å²) in [5, 5.41) is 4.47. The molecule has 0 saturated heterocycles. The molecule has 1 fully saturated rings. The fourth-order valence-corrected chi connectivity index (χ4v) is 5.29. The second-order valence-electron chi connectivity index (χ2n) is 9.18. The number of aromatic nitrogens is 2. The molecule has 33 heavy (non-hydrogen) atoms. The van der Waals surface area contributed by atoms with Crippen LogP contribution in [0.1, 0.15) is 54.3 Å². The lowest BCUT2D eigenvalue weighted by Gasteiger charge is -2.30. The van der Waals surface area contributed by atoms with Crippen molar-refractivity contribution in [3.8, 4) is 0 Å². The quantitative estimate of drug-likeness (QED) is 0.515. The minimum absolute atomic E-state index is 0.158. The van der Waals surface area contributed by atoms with E-state index in [0.29, 0.717) is 12.5 Å². The van der Waals surface area contributed by atoms with E-state index < -0.39 is 10.2 Å². The number of ether oxygens (including phenoxy) is 1. The summed E-state index contributed by atoms with van der Waals surface area (Å²) < 4.78 is 36.9. The summed E-state index contributed by atoms with van der Waals surface area (Å²) in [4.78, 5) is 0. The largest absolute Gasteiger partial charge is 0.377 e. The summed E-state index contributed by atoms with van der Waals surface area (Å²) in [5.41, 5.74) is 4.47. The molecule has 1 unspecified atom stereocenters. The van der Waals surface area contributed by atoms with Crippen molar-refractivity contribution in [3.05, 3.63) is 71.5 Å². The number of hydrogen-bond donors (Lipinski definition) is 1. The first kappa shape index (κ1) is 23.9. The minimum atomic E-state index is -3.53. The molecule has 0 bridgehead atoms. The molecule has 1 atom stereocenters. The van der Waals surface area contributed by atoms with Crippen molar-refractivity contribution in [1.29, 1.82) is 0 Å². The topological polar surface area (TPSA) is 75.9 Å². The Balaban J connectivity index is 1.46. The summed E-state index contributed by atoms with van der Waals surface area (Å²) in [6.07, 6.45) is 6.21. The van der Waals surface area contributed by atoms with E-state index in [9.17, 15) is 8.42 Å². The molecular formula is C25H34N4O3S. The maximum atomic E-state index is 12.4. The first-order chi connectivity index (χ1) is 15.8. The number of nitrogens with zero attached hydrogens (tertiary/aromatic N) is 3. The van der Waals surface area contributed by atoms with Gasteiger partial charge in [-0.2, -0.15) is 17.8 Å². The van der Waals surface area contributed by atoms with Crippen LogP contribution >= 0.6 is 0 Å². The molecule has 0 aliphatic heterocycles. The van der Waals surface area contributed by atoms with Gasteiger partial charge in [-0.15, -0.1) is 0 Å². The molecule has 2 heterocycles. The molecule has 7 nitrogen and oxygen atoms in total. The third kappa shape index (κ3) is 5.81. The average Bonchev–Trinajstić information content (AvgIpc) is 3.28. The Hall–Kier alpha value is -2.26. The molecule has 1 saturated carbocycles. The highest BCUT2D eigenvalue weighted by molar-refractivity contribution is 7.87. The highest BCUT2D eigenvalue weighted by Gasteiger charge is 2.26. The van der Waals surface area contributed by atoms with Gasteiger partial charge in [0.2, 0.25) is 0 Å². The number of nitrogens with one attached hydrogen (secondary N) is 1. The number of fused-ring (bicyclic) bond motifs is 1. The van der Waals surface area contributed by atoms with E-state index >= 15 is 0 Å². The van der Waals surface area contributed by atoms with E-state index in [-0.39, 0.29) is 18.6 Å². The van der Waals surface area contributed by atoms with Gasteiger partial charge in [0.1, 0.15) is 0 Å². The maximum absolute atomic E-state index is 12.4. The summed E-state index contributed by atoms with van der Waals surface area (Å²) in [6.45, 7) is 2.73. The van der Waals surface area contributed by atoms with Gasteiger partial charge in [-0.1, -0.05) is 30.3 Å². The van der Waals surface area contributed by atoms with Gasteiger partial charge in [0, 0.05) is 38.4 Å². The van der Waals surface area contributed by atoms with Gasteiger partial charge < -0.3 is 4.74 Å². The molecule has 1 aliphatic carbocycles. The van der Waals surface area contributed by atoms with Crippen LogP contribution in [0.2, 0.25) is 0 Å². The molecule has 0 spiro atoms. The monoisotopic (exact) mass is 470 g/mol. The van der Waals surface area contributed by atoms with Gasteiger partial charge in [0.25, 0.3) is 10.2 Å². The van der Waals surface area contributed by atoms with Crippen molar-refractivity contribution in [2.45, 2.75) is 50.5 Å². The predicted octanol–water partition coefficient (Wildman–Crippen LogP) is 3.87. The Bertz CT molecular complexity index is 1150. The Labute approximate surface area is 196 Å². The first-order valence-electron chi connectivity index (χ1n) is 11.6. The van der Waals surface area contributed by atoms with E-state index in [1.807, 2.05) is 17.5 Å². The smallest absolute Gasteiger partial charge is 0.278 e. The van der Waals surface area contributed by atoms with Crippen LogP contribution < -0.4 is 4.72 Å². The molecule has 8 heteroatoms. The summed E-state index contributed by atoms with van der Waals surface area (Å²) in [6, 6.07) is 16.8. The molecular weight excluding hydrogens is 436 g/mol. The van der Waals surface area contributed by atoms with Gasteiger partial charge in [-0.25, -0.2) is 9.24 Å². The summed E-state index contributed by atoms with van der Waals surface area (Å²) in [7, 11) is -0.484. The Kier molecular flexibility index (Phi) is 7.48.